The number of rotatable bonds is 0. The summed E-state index contributed by atoms with van der Waals surface area (Å²) in [5.41, 5.74) is 1.50. The topological polar surface area (TPSA) is 70.3 Å². The Morgan fingerprint density at radius 2 is 2.36 bits per heavy atom. The van der Waals surface area contributed by atoms with Crippen molar-refractivity contribution in [1.29, 1.82) is 5.41 Å². The third-order valence-corrected chi connectivity index (χ3v) is 1.87. The summed E-state index contributed by atoms with van der Waals surface area (Å²) in [6.07, 6.45) is 3.02. The van der Waals surface area contributed by atoms with Gasteiger partial charge in [0.1, 0.15) is 11.8 Å². The molecule has 0 aliphatic rings. The maximum absolute atomic E-state index is 7.36. The zero-order valence-corrected chi connectivity index (χ0v) is 6.96. The summed E-state index contributed by atoms with van der Waals surface area (Å²) in [4.78, 5) is 10.6. The highest BCUT2D eigenvalue weighted by Gasteiger charge is 2.00. The van der Waals surface area contributed by atoms with E-state index in [1.54, 1.807) is 3.59 Å². The summed E-state index contributed by atoms with van der Waals surface area (Å²) in [5, 5.41) is 7.36. The average Bonchev–Trinajstić information content (AvgIpc) is 2.45. The van der Waals surface area contributed by atoms with Gasteiger partial charge in [0.25, 0.3) is 0 Å². The standard InChI is InChI=1S/C5H4BrN5/c6-11-2-10-4(7)3-5(11)9-1-8-3/h1-2,7H,(H,8,9). The van der Waals surface area contributed by atoms with E-state index in [0.29, 0.717) is 11.2 Å². The van der Waals surface area contributed by atoms with Crippen LogP contribution in [0, 0.1) is 5.41 Å². The molecule has 0 saturated carbocycles. The summed E-state index contributed by atoms with van der Waals surface area (Å²) in [5.74, 6) is 0. The number of fused-ring (bicyclic) bond motifs is 1. The predicted octanol–water partition coefficient (Wildman–Crippen LogP) is 0.397. The Balaban J connectivity index is 3.08. The molecule has 0 radical (unpaired) electrons. The number of hydrogen-bond donors (Lipinski definition) is 2. The van der Waals surface area contributed by atoms with Crippen LogP contribution in [0.5, 0.6) is 0 Å². The largest absolute Gasteiger partial charge is 0.340 e. The van der Waals surface area contributed by atoms with Crippen LogP contribution in [-0.2, 0) is 0 Å². The van der Waals surface area contributed by atoms with Crippen LogP contribution < -0.4 is 5.49 Å². The highest BCUT2D eigenvalue weighted by atomic mass is 79.9. The number of H-pyrrole nitrogens is 1. The first-order valence-electron chi connectivity index (χ1n) is 2.90. The third-order valence-electron chi connectivity index (χ3n) is 1.35. The number of aromatic nitrogens is 4. The fourth-order valence-corrected chi connectivity index (χ4v) is 1.21. The van der Waals surface area contributed by atoms with Crippen molar-refractivity contribution in [2.75, 3.05) is 0 Å². The number of aromatic amines is 1. The molecule has 0 bridgehead atoms. The minimum atomic E-state index is 0.202. The van der Waals surface area contributed by atoms with Crippen LogP contribution in [0.2, 0.25) is 0 Å². The van der Waals surface area contributed by atoms with Gasteiger partial charge in [-0.1, -0.05) is 0 Å². The second-order valence-electron chi connectivity index (χ2n) is 2.01. The molecule has 5 nitrogen and oxygen atoms in total. The lowest BCUT2D eigenvalue weighted by Gasteiger charge is -1.93. The smallest absolute Gasteiger partial charge is 0.173 e. The zero-order valence-electron chi connectivity index (χ0n) is 5.37. The van der Waals surface area contributed by atoms with E-state index in [4.69, 9.17) is 5.41 Å². The molecule has 0 aromatic carbocycles. The van der Waals surface area contributed by atoms with Gasteiger partial charge in [0.15, 0.2) is 11.1 Å². The van der Waals surface area contributed by atoms with Crippen LogP contribution in [0.1, 0.15) is 0 Å². The Morgan fingerprint density at radius 1 is 1.55 bits per heavy atom. The average molecular weight is 214 g/mol. The maximum atomic E-state index is 7.36. The van der Waals surface area contributed by atoms with Gasteiger partial charge in [0, 0.05) is 0 Å². The molecule has 0 amide bonds. The molecule has 2 N–H and O–H groups in total. The van der Waals surface area contributed by atoms with Crippen LogP contribution in [0.4, 0.5) is 0 Å². The highest BCUT2D eigenvalue weighted by Crippen LogP contribution is 2.04. The molecule has 0 spiro atoms. The van der Waals surface area contributed by atoms with Crippen molar-refractivity contribution in [2.45, 2.75) is 0 Å². The Kier molecular flexibility index (Phi) is 1.28. The second kappa shape index (κ2) is 2.16. The quantitative estimate of drug-likeness (QED) is 0.666. The minimum absolute atomic E-state index is 0.202. The van der Waals surface area contributed by atoms with Crippen molar-refractivity contribution >= 4 is 27.3 Å². The van der Waals surface area contributed by atoms with Crippen molar-refractivity contribution in [1.82, 2.24) is 18.5 Å². The number of halogens is 1. The number of hydrogen-bond acceptors (Lipinski definition) is 3. The molecule has 56 valence electrons. The first-order valence-corrected chi connectivity index (χ1v) is 3.61. The lowest BCUT2D eigenvalue weighted by atomic mass is 10.5. The summed E-state index contributed by atoms with van der Waals surface area (Å²) >= 11 is 3.20. The molecule has 2 aromatic rings. The predicted molar refractivity (Wildman–Crippen MR) is 42.1 cm³/mol. The van der Waals surface area contributed by atoms with Gasteiger partial charge in [-0.05, 0) is 0 Å². The van der Waals surface area contributed by atoms with Gasteiger partial charge in [-0.25, -0.2) is 13.6 Å². The molecule has 6 heteroatoms. The van der Waals surface area contributed by atoms with Crippen LogP contribution >= 0.6 is 16.1 Å². The van der Waals surface area contributed by atoms with Crippen molar-refractivity contribution < 1.29 is 0 Å². The van der Waals surface area contributed by atoms with E-state index in [1.807, 2.05) is 0 Å². The molecule has 0 aliphatic heterocycles. The van der Waals surface area contributed by atoms with Gasteiger partial charge in [-0.3, -0.25) is 5.41 Å². The molecule has 0 saturated heterocycles. The monoisotopic (exact) mass is 213 g/mol. The first-order chi connectivity index (χ1) is 5.29. The van der Waals surface area contributed by atoms with E-state index in [2.05, 4.69) is 31.1 Å². The van der Waals surface area contributed by atoms with Gasteiger partial charge in [0.2, 0.25) is 0 Å². The van der Waals surface area contributed by atoms with E-state index in [9.17, 15) is 0 Å². The Bertz CT molecular complexity index is 441. The first kappa shape index (κ1) is 6.53. The van der Waals surface area contributed by atoms with Crippen molar-refractivity contribution in [3.8, 4) is 0 Å². The summed E-state index contributed by atoms with van der Waals surface area (Å²) < 4.78 is 1.58. The molecular formula is C5H4BrN5. The van der Waals surface area contributed by atoms with E-state index in [-0.39, 0.29) is 5.49 Å². The van der Waals surface area contributed by atoms with E-state index >= 15 is 0 Å². The normalized spacial score (nSPS) is 10.6. The summed E-state index contributed by atoms with van der Waals surface area (Å²) in [6, 6.07) is 0. The van der Waals surface area contributed by atoms with Crippen LogP contribution in [0.15, 0.2) is 12.7 Å². The molecule has 2 heterocycles. The van der Waals surface area contributed by atoms with Crippen molar-refractivity contribution in [3.05, 3.63) is 18.1 Å². The third kappa shape index (κ3) is 0.864. The van der Waals surface area contributed by atoms with Gasteiger partial charge >= 0.3 is 0 Å². The minimum Gasteiger partial charge on any atom is -0.340 e. The summed E-state index contributed by atoms with van der Waals surface area (Å²) in [7, 11) is 0. The maximum Gasteiger partial charge on any atom is 0.173 e. The van der Waals surface area contributed by atoms with E-state index in [1.165, 1.54) is 12.7 Å². The Labute approximate surface area is 70.0 Å². The Morgan fingerprint density at radius 3 is 3.09 bits per heavy atom. The van der Waals surface area contributed by atoms with E-state index in [0.717, 1.165) is 0 Å². The number of imidazole rings is 1. The molecule has 2 rings (SSSR count). The van der Waals surface area contributed by atoms with Crippen LogP contribution in [-0.4, -0.2) is 18.5 Å². The highest BCUT2D eigenvalue weighted by molar-refractivity contribution is 9.08. The SMILES string of the molecule is N=c1ncn(Br)c2nc[nH]c12. The molecule has 0 aliphatic carbocycles. The molecule has 0 atom stereocenters. The van der Waals surface area contributed by atoms with Gasteiger partial charge < -0.3 is 4.98 Å². The molecule has 0 fully saturated rings. The molecule has 0 unspecified atom stereocenters. The molecule has 11 heavy (non-hydrogen) atoms. The van der Waals surface area contributed by atoms with Crippen LogP contribution in [0.25, 0.3) is 11.2 Å². The lowest BCUT2D eigenvalue weighted by Crippen LogP contribution is -2.08. The molecular weight excluding hydrogens is 210 g/mol. The van der Waals surface area contributed by atoms with E-state index < -0.39 is 0 Å². The lowest BCUT2D eigenvalue weighted by molar-refractivity contribution is 1.05. The van der Waals surface area contributed by atoms with Crippen molar-refractivity contribution in [2.24, 2.45) is 0 Å². The molecule has 2 aromatic heterocycles. The Hall–Kier alpha value is -1.17. The fraction of sp³-hybridized carbons (Fsp3) is 0. The second-order valence-corrected chi connectivity index (χ2v) is 2.77. The van der Waals surface area contributed by atoms with Gasteiger partial charge in [0.05, 0.1) is 22.5 Å². The van der Waals surface area contributed by atoms with Gasteiger partial charge in [-0.2, -0.15) is 0 Å². The van der Waals surface area contributed by atoms with Crippen molar-refractivity contribution in [3.63, 3.8) is 0 Å². The number of nitrogens with one attached hydrogen (secondary N) is 2. The number of nitrogens with zero attached hydrogens (tertiary/aromatic N) is 3. The van der Waals surface area contributed by atoms with Crippen LogP contribution in [0.3, 0.4) is 0 Å². The summed E-state index contributed by atoms with van der Waals surface area (Å²) in [6.45, 7) is 0. The fourth-order valence-electron chi connectivity index (χ4n) is 0.851. The zero-order chi connectivity index (χ0) is 7.84. The van der Waals surface area contributed by atoms with Gasteiger partial charge in [-0.15, -0.1) is 0 Å².